The fraction of sp³-hybridized carbons (Fsp3) is 0.444. The van der Waals surface area contributed by atoms with Crippen molar-refractivity contribution in [3.05, 3.63) is 59.7 Å². The minimum Gasteiger partial charge on any atom is -0.480 e. The second kappa shape index (κ2) is 9.87. The quantitative estimate of drug-likeness (QED) is 0.482. The molecule has 180 valence electrons. The van der Waals surface area contributed by atoms with Gasteiger partial charge in [-0.3, -0.25) is 4.79 Å². The smallest absolute Gasteiger partial charge is 0.407 e. The third-order valence-corrected chi connectivity index (χ3v) is 6.88. The summed E-state index contributed by atoms with van der Waals surface area (Å²) in [6, 6.07) is 15.9. The number of carbonyl (C=O) groups is 3. The number of carboxylic acids is 1. The van der Waals surface area contributed by atoms with E-state index in [0.717, 1.165) is 35.1 Å². The Morgan fingerprint density at radius 1 is 1.06 bits per heavy atom. The van der Waals surface area contributed by atoms with Crippen LogP contribution in [0, 0.1) is 5.92 Å². The SMILES string of the molecule is CCCC(C)(NC(=O)CC(NC(=O)OCC1c2ccccc2-c2ccccc21)C1CC1)C(=O)O. The number of aliphatic carboxylic acids is 1. The largest absolute Gasteiger partial charge is 0.480 e. The summed E-state index contributed by atoms with van der Waals surface area (Å²) in [7, 11) is 0. The van der Waals surface area contributed by atoms with Gasteiger partial charge in [0, 0.05) is 18.4 Å². The summed E-state index contributed by atoms with van der Waals surface area (Å²) >= 11 is 0. The fourth-order valence-corrected chi connectivity index (χ4v) is 4.91. The number of carboxylic acid groups (broad SMARTS) is 1. The topological polar surface area (TPSA) is 105 Å². The molecule has 2 aromatic rings. The Kier molecular flexibility index (Phi) is 6.91. The molecular formula is C27H32N2O5. The van der Waals surface area contributed by atoms with Gasteiger partial charge in [0.25, 0.3) is 0 Å². The highest BCUT2D eigenvalue weighted by molar-refractivity contribution is 5.87. The molecule has 3 N–H and O–H groups in total. The third-order valence-electron chi connectivity index (χ3n) is 6.88. The Hall–Kier alpha value is -3.35. The van der Waals surface area contributed by atoms with E-state index in [1.165, 1.54) is 6.92 Å². The Labute approximate surface area is 199 Å². The van der Waals surface area contributed by atoms with Gasteiger partial charge in [-0.15, -0.1) is 0 Å². The molecule has 7 heteroatoms. The zero-order valence-electron chi connectivity index (χ0n) is 19.7. The summed E-state index contributed by atoms with van der Waals surface area (Å²) in [5.74, 6) is -1.27. The molecule has 7 nitrogen and oxygen atoms in total. The van der Waals surface area contributed by atoms with Gasteiger partial charge in [-0.2, -0.15) is 0 Å². The monoisotopic (exact) mass is 464 g/mol. The van der Waals surface area contributed by atoms with Crippen LogP contribution in [0.3, 0.4) is 0 Å². The molecule has 2 aliphatic carbocycles. The van der Waals surface area contributed by atoms with Crippen molar-refractivity contribution in [2.24, 2.45) is 5.92 Å². The van der Waals surface area contributed by atoms with Crippen molar-refractivity contribution < 1.29 is 24.2 Å². The predicted molar refractivity (Wildman–Crippen MR) is 128 cm³/mol. The first-order valence-electron chi connectivity index (χ1n) is 12.0. The molecule has 2 atom stereocenters. The number of amides is 2. The summed E-state index contributed by atoms with van der Waals surface area (Å²) < 4.78 is 5.63. The Morgan fingerprint density at radius 3 is 2.18 bits per heavy atom. The van der Waals surface area contributed by atoms with Gasteiger partial charge >= 0.3 is 12.1 Å². The van der Waals surface area contributed by atoms with Crippen molar-refractivity contribution in [3.63, 3.8) is 0 Å². The van der Waals surface area contributed by atoms with Crippen molar-refractivity contribution >= 4 is 18.0 Å². The highest BCUT2D eigenvalue weighted by Crippen LogP contribution is 2.44. The number of nitrogens with one attached hydrogen (secondary N) is 2. The minimum atomic E-state index is -1.32. The molecule has 2 amide bonds. The first-order chi connectivity index (χ1) is 16.3. The average Bonchev–Trinajstić information content (AvgIpc) is 3.60. The van der Waals surface area contributed by atoms with Gasteiger partial charge < -0.3 is 20.5 Å². The lowest BCUT2D eigenvalue weighted by Crippen LogP contribution is -2.53. The maximum atomic E-state index is 12.7. The van der Waals surface area contributed by atoms with Crippen molar-refractivity contribution in [2.75, 3.05) is 6.61 Å². The van der Waals surface area contributed by atoms with Gasteiger partial charge in [-0.05, 0) is 54.4 Å². The molecule has 0 saturated heterocycles. The number of hydrogen-bond acceptors (Lipinski definition) is 4. The number of hydrogen-bond donors (Lipinski definition) is 3. The van der Waals surface area contributed by atoms with Gasteiger partial charge in [-0.25, -0.2) is 9.59 Å². The van der Waals surface area contributed by atoms with Gasteiger partial charge in [-0.1, -0.05) is 61.9 Å². The summed E-state index contributed by atoms with van der Waals surface area (Å²) in [6.45, 7) is 3.60. The van der Waals surface area contributed by atoms with E-state index < -0.39 is 17.6 Å². The summed E-state index contributed by atoms with van der Waals surface area (Å²) in [5, 5.41) is 15.0. The number of rotatable bonds is 10. The van der Waals surface area contributed by atoms with Crippen LogP contribution in [0.1, 0.15) is 63.0 Å². The molecular weight excluding hydrogens is 432 g/mol. The summed E-state index contributed by atoms with van der Waals surface area (Å²) in [4.78, 5) is 37.0. The number of alkyl carbamates (subject to hydrolysis) is 1. The van der Waals surface area contributed by atoms with E-state index in [2.05, 4.69) is 34.9 Å². The van der Waals surface area contributed by atoms with Crippen molar-refractivity contribution in [1.29, 1.82) is 0 Å². The van der Waals surface area contributed by atoms with Crippen molar-refractivity contribution in [1.82, 2.24) is 10.6 Å². The summed E-state index contributed by atoms with van der Waals surface area (Å²) in [5.41, 5.74) is 3.28. The van der Waals surface area contributed by atoms with Crippen LogP contribution in [0.4, 0.5) is 4.79 Å². The Morgan fingerprint density at radius 2 is 1.65 bits per heavy atom. The molecule has 0 aromatic heterocycles. The van der Waals surface area contributed by atoms with Crippen LogP contribution >= 0.6 is 0 Å². The lowest BCUT2D eigenvalue weighted by molar-refractivity contribution is -0.147. The number of carbonyl (C=O) groups excluding carboxylic acids is 2. The van der Waals surface area contributed by atoms with Crippen LogP contribution in [0.15, 0.2) is 48.5 Å². The number of fused-ring (bicyclic) bond motifs is 3. The number of ether oxygens (including phenoxy) is 1. The zero-order valence-corrected chi connectivity index (χ0v) is 19.7. The second-order valence-corrected chi connectivity index (χ2v) is 9.55. The fourth-order valence-electron chi connectivity index (χ4n) is 4.91. The van der Waals surface area contributed by atoms with Crippen LogP contribution in [0.2, 0.25) is 0 Å². The van der Waals surface area contributed by atoms with Gasteiger partial charge in [0.05, 0.1) is 0 Å². The van der Waals surface area contributed by atoms with Crippen LogP contribution in [-0.2, 0) is 14.3 Å². The third kappa shape index (κ3) is 5.08. The van der Waals surface area contributed by atoms with Gasteiger partial charge in [0.15, 0.2) is 0 Å². The van der Waals surface area contributed by atoms with Crippen LogP contribution < -0.4 is 10.6 Å². The highest BCUT2D eigenvalue weighted by atomic mass is 16.5. The summed E-state index contributed by atoms with van der Waals surface area (Å²) in [6.07, 6.45) is 2.29. The number of benzene rings is 2. The standard InChI is InChI=1S/C27H32N2O5/c1-3-14-27(2,25(31)32)29-24(30)15-23(17-12-13-17)28-26(33)34-16-22-20-10-6-4-8-18(20)19-9-5-7-11-21(19)22/h4-11,17,22-23H,3,12-16H2,1-2H3,(H,28,33)(H,29,30)(H,31,32). The molecule has 1 fully saturated rings. The normalized spacial score (nSPS) is 17.1. The van der Waals surface area contributed by atoms with E-state index in [9.17, 15) is 19.5 Å². The molecule has 2 aromatic carbocycles. The lowest BCUT2D eigenvalue weighted by Gasteiger charge is -2.27. The first kappa shape index (κ1) is 23.8. The molecule has 2 aliphatic rings. The molecule has 0 heterocycles. The van der Waals surface area contributed by atoms with Crippen LogP contribution in [0.25, 0.3) is 11.1 Å². The Balaban J connectivity index is 1.36. The van der Waals surface area contributed by atoms with Crippen molar-refractivity contribution in [2.45, 2.75) is 63.5 Å². The first-order valence-corrected chi connectivity index (χ1v) is 12.0. The molecule has 0 aliphatic heterocycles. The molecule has 1 saturated carbocycles. The molecule has 0 bridgehead atoms. The van der Waals surface area contributed by atoms with Gasteiger partial charge in [0.1, 0.15) is 12.1 Å². The van der Waals surface area contributed by atoms with E-state index in [1.807, 2.05) is 31.2 Å². The molecule has 2 unspecified atom stereocenters. The van der Waals surface area contributed by atoms with E-state index in [4.69, 9.17) is 4.74 Å². The maximum absolute atomic E-state index is 12.7. The van der Waals surface area contributed by atoms with Crippen molar-refractivity contribution in [3.8, 4) is 11.1 Å². The molecule has 34 heavy (non-hydrogen) atoms. The van der Waals surface area contributed by atoms with E-state index >= 15 is 0 Å². The van der Waals surface area contributed by atoms with Crippen LogP contribution in [0.5, 0.6) is 0 Å². The van der Waals surface area contributed by atoms with E-state index in [0.29, 0.717) is 12.8 Å². The molecule has 0 spiro atoms. The zero-order chi connectivity index (χ0) is 24.3. The second-order valence-electron chi connectivity index (χ2n) is 9.55. The minimum absolute atomic E-state index is 0.0292. The predicted octanol–water partition coefficient (Wildman–Crippen LogP) is 4.45. The molecule has 4 rings (SSSR count). The average molecular weight is 465 g/mol. The maximum Gasteiger partial charge on any atom is 0.407 e. The van der Waals surface area contributed by atoms with Gasteiger partial charge in [0.2, 0.25) is 5.91 Å². The lowest BCUT2D eigenvalue weighted by atomic mass is 9.95. The Bertz CT molecular complexity index is 1030. The van der Waals surface area contributed by atoms with Crippen LogP contribution in [-0.4, -0.2) is 41.3 Å². The molecule has 0 radical (unpaired) electrons. The van der Waals surface area contributed by atoms with E-state index in [-0.39, 0.29) is 36.8 Å². The van der Waals surface area contributed by atoms with E-state index in [1.54, 1.807) is 0 Å². The highest BCUT2D eigenvalue weighted by Gasteiger charge is 2.38.